The Bertz CT molecular complexity index is 915. The van der Waals surface area contributed by atoms with Crippen molar-refractivity contribution in [3.63, 3.8) is 0 Å². The van der Waals surface area contributed by atoms with Crippen LogP contribution in [0.1, 0.15) is 12.8 Å². The van der Waals surface area contributed by atoms with Crippen molar-refractivity contribution in [3.8, 4) is 11.6 Å². The van der Waals surface area contributed by atoms with E-state index in [4.69, 9.17) is 4.74 Å². The third kappa shape index (κ3) is 3.14. The highest BCUT2D eigenvalue weighted by atomic mass is 19.1. The van der Waals surface area contributed by atoms with Gasteiger partial charge in [0.1, 0.15) is 11.5 Å². The quantitative estimate of drug-likeness (QED) is 0.768. The summed E-state index contributed by atoms with van der Waals surface area (Å²) in [6.45, 7) is 2.25. The smallest absolute Gasteiger partial charge is 0.241 e. The number of nitrogens with one attached hydrogen (secondary N) is 1. The molecule has 136 valence electrons. The molecule has 1 aromatic heterocycles. The number of ether oxygens (including phenoxy) is 1. The number of hydrogen-bond donors (Lipinski definition) is 1. The molecule has 4 nitrogen and oxygen atoms in total. The molecule has 3 aromatic rings. The third-order valence-electron chi connectivity index (χ3n) is 4.61. The van der Waals surface area contributed by atoms with Crippen molar-refractivity contribution in [1.29, 1.82) is 0 Å². The van der Waals surface area contributed by atoms with Gasteiger partial charge < -0.3 is 10.1 Å². The number of aromatic nitrogens is 2. The lowest BCUT2D eigenvalue weighted by Gasteiger charge is -2.22. The van der Waals surface area contributed by atoms with Gasteiger partial charge in [0, 0.05) is 12.5 Å². The van der Waals surface area contributed by atoms with Gasteiger partial charge in [-0.2, -0.15) is 0 Å². The molecule has 2 aromatic carbocycles. The molecule has 0 saturated carbocycles. The average Bonchev–Trinajstić information content (AvgIpc) is 2.98. The van der Waals surface area contributed by atoms with Gasteiger partial charge in [0.2, 0.25) is 5.88 Å². The highest BCUT2D eigenvalue weighted by Crippen LogP contribution is 2.30. The van der Waals surface area contributed by atoms with E-state index in [1.807, 2.05) is 0 Å². The van der Waals surface area contributed by atoms with Crippen LogP contribution >= 0.6 is 0 Å². The Kier molecular flexibility index (Phi) is 4.55. The third-order valence-corrected chi connectivity index (χ3v) is 4.61. The van der Waals surface area contributed by atoms with E-state index in [0.29, 0.717) is 23.4 Å². The number of nitrogens with zero attached hydrogens (tertiary/aromatic N) is 2. The van der Waals surface area contributed by atoms with Crippen LogP contribution in [-0.2, 0) is 0 Å². The molecule has 0 amide bonds. The van der Waals surface area contributed by atoms with Crippen LogP contribution in [0.2, 0.25) is 0 Å². The average molecular weight is 361 g/mol. The number of para-hydroxylation sites is 1. The topological polar surface area (TPSA) is 39.1 Å². The van der Waals surface area contributed by atoms with Gasteiger partial charge in [-0.05, 0) is 49.7 Å². The van der Waals surface area contributed by atoms with E-state index in [9.17, 15) is 13.2 Å². The largest absolute Gasteiger partial charge is 0.476 e. The summed E-state index contributed by atoms with van der Waals surface area (Å²) in [6.07, 6.45) is 2.10. The van der Waals surface area contributed by atoms with Crippen molar-refractivity contribution in [3.05, 3.63) is 53.8 Å². The Balaban J connectivity index is 1.75. The van der Waals surface area contributed by atoms with Crippen molar-refractivity contribution < 1.29 is 17.9 Å². The second-order valence-electron chi connectivity index (χ2n) is 6.47. The molecule has 0 bridgehead atoms. The minimum atomic E-state index is -0.748. The fraction of sp³-hybridized carbons (Fsp3) is 0.316. The maximum atomic E-state index is 14.2. The van der Waals surface area contributed by atoms with Gasteiger partial charge in [0.25, 0.3) is 0 Å². The van der Waals surface area contributed by atoms with Crippen molar-refractivity contribution in [2.75, 3.05) is 19.7 Å². The van der Waals surface area contributed by atoms with Gasteiger partial charge in [0.15, 0.2) is 11.6 Å². The second-order valence-corrected chi connectivity index (χ2v) is 6.47. The Labute approximate surface area is 148 Å². The first-order valence-corrected chi connectivity index (χ1v) is 8.59. The van der Waals surface area contributed by atoms with Crippen molar-refractivity contribution >= 4 is 10.9 Å². The first kappa shape index (κ1) is 16.9. The van der Waals surface area contributed by atoms with Gasteiger partial charge in [-0.3, -0.25) is 0 Å². The zero-order chi connectivity index (χ0) is 18.1. The lowest BCUT2D eigenvalue weighted by atomic mass is 10.0. The summed E-state index contributed by atoms with van der Waals surface area (Å²) < 4.78 is 49.1. The minimum absolute atomic E-state index is 0.174. The van der Waals surface area contributed by atoms with Crippen LogP contribution < -0.4 is 10.1 Å². The number of fused-ring (bicyclic) bond motifs is 1. The molecule has 0 radical (unpaired) electrons. The summed E-state index contributed by atoms with van der Waals surface area (Å²) >= 11 is 0. The molecular formula is C19H18F3N3O. The van der Waals surface area contributed by atoms with E-state index in [-0.39, 0.29) is 11.6 Å². The molecule has 4 rings (SSSR count). The van der Waals surface area contributed by atoms with E-state index >= 15 is 0 Å². The molecule has 1 aliphatic rings. The number of halogens is 3. The molecule has 1 fully saturated rings. The van der Waals surface area contributed by atoms with Gasteiger partial charge >= 0.3 is 0 Å². The summed E-state index contributed by atoms with van der Waals surface area (Å²) in [6, 6.07) is 7.54. The van der Waals surface area contributed by atoms with Gasteiger partial charge in [-0.1, -0.05) is 6.07 Å². The fourth-order valence-corrected chi connectivity index (χ4v) is 3.29. The van der Waals surface area contributed by atoms with Crippen LogP contribution in [0.25, 0.3) is 16.6 Å². The van der Waals surface area contributed by atoms with Crippen LogP contribution in [-0.4, -0.2) is 29.5 Å². The molecular weight excluding hydrogens is 343 g/mol. The van der Waals surface area contributed by atoms with E-state index in [2.05, 4.69) is 10.4 Å². The number of hydrogen-bond acceptors (Lipinski definition) is 3. The standard InChI is InChI=1S/C19H18F3N3O/c20-13-6-7-17-14(9-13)19(26-11-12-3-2-8-23-10-12)24-25(17)18-15(21)4-1-5-16(18)22/h1,4-7,9,12,23H,2-3,8,10-11H2/t12-/m0/s1. The second kappa shape index (κ2) is 6.99. The molecule has 26 heavy (non-hydrogen) atoms. The molecule has 7 heteroatoms. The lowest BCUT2D eigenvalue weighted by Crippen LogP contribution is -2.33. The maximum Gasteiger partial charge on any atom is 0.241 e. The van der Waals surface area contributed by atoms with Crippen molar-refractivity contribution in [1.82, 2.24) is 15.1 Å². The molecule has 0 spiro atoms. The zero-order valence-corrected chi connectivity index (χ0v) is 14.0. The van der Waals surface area contributed by atoms with E-state index in [1.54, 1.807) is 0 Å². The molecule has 2 heterocycles. The highest BCUT2D eigenvalue weighted by molar-refractivity contribution is 5.86. The van der Waals surface area contributed by atoms with Crippen LogP contribution in [0, 0.1) is 23.4 Å². The zero-order valence-electron chi connectivity index (χ0n) is 14.0. The van der Waals surface area contributed by atoms with Crippen molar-refractivity contribution in [2.45, 2.75) is 12.8 Å². The van der Waals surface area contributed by atoms with E-state index < -0.39 is 17.5 Å². The van der Waals surface area contributed by atoms with Crippen molar-refractivity contribution in [2.24, 2.45) is 5.92 Å². The molecule has 0 aliphatic carbocycles. The first-order valence-electron chi connectivity index (χ1n) is 8.59. The summed E-state index contributed by atoms with van der Waals surface area (Å²) in [5, 5.41) is 7.92. The maximum absolute atomic E-state index is 14.2. The van der Waals surface area contributed by atoms with Crippen LogP contribution in [0.3, 0.4) is 0 Å². The number of rotatable bonds is 4. The molecule has 1 saturated heterocycles. The monoisotopic (exact) mass is 361 g/mol. The predicted molar refractivity (Wildman–Crippen MR) is 92.0 cm³/mol. The molecule has 0 unspecified atom stereocenters. The Morgan fingerprint density at radius 1 is 1.15 bits per heavy atom. The van der Waals surface area contributed by atoms with E-state index in [1.165, 1.54) is 24.3 Å². The molecule has 1 aliphatic heterocycles. The predicted octanol–water partition coefficient (Wildman–Crippen LogP) is 3.82. The Morgan fingerprint density at radius 3 is 2.69 bits per heavy atom. The van der Waals surface area contributed by atoms with Gasteiger partial charge in [0.05, 0.1) is 17.5 Å². The molecule has 1 atom stereocenters. The minimum Gasteiger partial charge on any atom is -0.476 e. The Hall–Kier alpha value is -2.54. The van der Waals surface area contributed by atoms with E-state index in [0.717, 1.165) is 42.7 Å². The van der Waals surface area contributed by atoms with Crippen LogP contribution in [0.4, 0.5) is 13.2 Å². The SMILES string of the molecule is Fc1ccc2c(c1)c(OC[C@H]1CCCNC1)nn2-c1c(F)cccc1F. The summed E-state index contributed by atoms with van der Waals surface area (Å²) in [4.78, 5) is 0. The normalized spacial score (nSPS) is 17.6. The summed E-state index contributed by atoms with van der Waals surface area (Å²) in [5.41, 5.74) is 0.0745. The van der Waals surface area contributed by atoms with Crippen LogP contribution in [0.15, 0.2) is 36.4 Å². The highest BCUT2D eigenvalue weighted by Gasteiger charge is 2.21. The summed E-state index contributed by atoms with van der Waals surface area (Å²) in [7, 11) is 0. The number of benzene rings is 2. The summed E-state index contributed by atoms with van der Waals surface area (Å²) in [5.74, 6) is -1.46. The molecule has 1 N–H and O–H groups in total. The first-order chi connectivity index (χ1) is 12.6. The van der Waals surface area contributed by atoms with Crippen LogP contribution in [0.5, 0.6) is 5.88 Å². The Morgan fingerprint density at radius 2 is 1.96 bits per heavy atom. The van der Waals surface area contributed by atoms with Gasteiger partial charge in [-0.15, -0.1) is 5.10 Å². The number of piperidine rings is 1. The fourth-order valence-electron chi connectivity index (χ4n) is 3.29. The lowest BCUT2D eigenvalue weighted by molar-refractivity contribution is 0.213. The van der Waals surface area contributed by atoms with Gasteiger partial charge in [-0.25, -0.2) is 17.9 Å².